The van der Waals surface area contributed by atoms with Gasteiger partial charge in [-0.05, 0) is 35.1 Å². The van der Waals surface area contributed by atoms with Crippen LogP contribution in [-0.2, 0) is 10.8 Å². The minimum atomic E-state index is 0.0351. The molecule has 0 spiro atoms. The van der Waals surface area contributed by atoms with Crippen LogP contribution in [0.5, 0.6) is 0 Å². The molecule has 2 aromatic carbocycles. The van der Waals surface area contributed by atoms with Crippen LogP contribution in [0.1, 0.15) is 52.7 Å². The molecule has 0 unspecified atom stereocenters. The predicted molar refractivity (Wildman–Crippen MR) is 112 cm³/mol. The monoisotopic (exact) mass is 337 g/mol. The van der Waals surface area contributed by atoms with Crippen LogP contribution in [0.4, 0.5) is 5.69 Å². The molecule has 0 aliphatic carbocycles. The number of hydrogen-bond donors (Lipinski definition) is 0. The van der Waals surface area contributed by atoms with Gasteiger partial charge in [0.15, 0.2) is 0 Å². The van der Waals surface area contributed by atoms with Crippen molar-refractivity contribution in [3.05, 3.63) is 65.7 Å². The lowest BCUT2D eigenvalue weighted by Gasteiger charge is -2.53. The van der Waals surface area contributed by atoms with Crippen molar-refractivity contribution in [2.75, 3.05) is 19.0 Å². The number of anilines is 1. The second kappa shape index (κ2) is 7.23. The predicted octanol–water partition coefficient (Wildman–Crippen LogP) is 6.28. The largest absolute Gasteiger partial charge is 0.378 e. The van der Waals surface area contributed by atoms with Gasteiger partial charge in [-0.3, -0.25) is 0 Å². The summed E-state index contributed by atoms with van der Waals surface area (Å²) in [5, 5.41) is 0. The molecule has 1 heteroatoms. The van der Waals surface area contributed by atoms with Gasteiger partial charge in [-0.2, -0.15) is 0 Å². The van der Waals surface area contributed by atoms with E-state index in [4.69, 9.17) is 0 Å². The first-order valence-corrected chi connectivity index (χ1v) is 9.49. The lowest BCUT2D eigenvalue weighted by atomic mass is 9.50. The molecule has 0 fully saturated rings. The molecule has 0 N–H and O–H groups in total. The van der Waals surface area contributed by atoms with Gasteiger partial charge in [0.1, 0.15) is 0 Å². The first kappa shape index (κ1) is 19.6. The molecule has 1 nitrogen and oxygen atoms in total. The molecule has 2 rings (SSSR count). The zero-order valence-corrected chi connectivity index (χ0v) is 17.3. The lowest BCUT2D eigenvalue weighted by molar-refractivity contribution is 0.131. The van der Waals surface area contributed by atoms with Crippen LogP contribution >= 0.6 is 0 Å². The summed E-state index contributed by atoms with van der Waals surface area (Å²) in [7, 11) is 4.19. The van der Waals surface area contributed by atoms with Crippen molar-refractivity contribution in [1.82, 2.24) is 0 Å². The zero-order chi connectivity index (χ0) is 18.8. The molecule has 136 valence electrons. The Balaban J connectivity index is 2.67. The SMILES string of the molecule is CC(C)[C@](C)(c1ccc(N(C)C)cc1)[C@](C)(c1ccccc1)C(C)C. The van der Waals surface area contributed by atoms with Crippen LogP contribution in [0.2, 0.25) is 0 Å². The molecule has 25 heavy (non-hydrogen) atoms. The molecule has 0 aliphatic heterocycles. The van der Waals surface area contributed by atoms with Crippen LogP contribution in [-0.4, -0.2) is 14.1 Å². The van der Waals surface area contributed by atoms with Gasteiger partial charge in [0.2, 0.25) is 0 Å². The average Bonchev–Trinajstić information content (AvgIpc) is 2.60. The third-order valence-corrected chi connectivity index (χ3v) is 6.75. The summed E-state index contributed by atoms with van der Waals surface area (Å²) in [5.74, 6) is 1.04. The number of rotatable bonds is 6. The molecule has 0 saturated carbocycles. The molecule has 0 amide bonds. The maximum Gasteiger partial charge on any atom is 0.0361 e. The maximum absolute atomic E-state index is 2.45. The third kappa shape index (κ3) is 3.21. The van der Waals surface area contributed by atoms with Gasteiger partial charge in [0, 0.05) is 30.6 Å². The first-order valence-electron chi connectivity index (χ1n) is 9.49. The van der Waals surface area contributed by atoms with Crippen LogP contribution in [0.25, 0.3) is 0 Å². The highest BCUT2D eigenvalue weighted by molar-refractivity contribution is 5.49. The van der Waals surface area contributed by atoms with Crippen molar-refractivity contribution < 1.29 is 0 Å². The molecular weight excluding hydrogens is 302 g/mol. The smallest absolute Gasteiger partial charge is 0.0361 e. The molecule has 0 aromatic heterocycles. The Morgan fingerprint density at radius 3 is 1.40 bits per heavy atom. The standard InChI is InChI=1S/C24H35N/c1-18(2)23(5,20-12-10-9-11-13-20)24(6,19(3)4)21-14-16-22(17-15-21)25(7)8/h9-19H,1-8H3/t23-,24+/m0/s1. The summed E-state index contributed by atoms with van der Waals surface area (Å²) in [5.41, 5.74) is 4.18. The summed E-state index contributed by atoms with van der Waals surface area (Å²) in [6.45, 7) is 14.4. The second-order valence-electron chi connectivity index (χ2n) is 8.52. The normalized spacial score (nSPS) is 16.6. The quantitative estimate of drug-likeness (QED) is 0.599. The summed E-state index contributed by atoms with van der Waals surface area (Å²) in [4.78, 5) is 2.16. The van der Waals surface area contributed by atoms with Crippen molar-refractivity contribution in [2.24, 2.45) is 11.8 Å². The Hall–Kier alpha value is -1.76. The Bertz CT molecular complexity index is 669. The van der Waals surface area contributed by atoms with E-state index >= 15 is 0 Å². The lowest BCUT2D eigenvalue weighted by Crippen LogP contribution is -2.52. The highest BCUT2D eigenvalue weighted by Gasteiger charge is 2.50. The van der Waals surface area contributed by atoms with E-state index in [1.165, 1.54) is 16.8 Å². The van der Waals surface area contributed by atoms with Gasteiger partial charge in [-0.25, -0.2) is 0 Å². The van der Waals surface area contributed by atoms with Gasteiger partial charge in [0.25, 0.3) is 0 Å². The van der Waals surface area contributed by atoms with Gasteiger partial charge < -0.3 is 4.90 Å². The Kier molecular flexibility index (Phi) is 5.66. The van der Waals surface area contributed by atoms with Crippen molar-refractivity contribution in [1.29, 1.82) is 0 Å². The van der Waals surface area contributed by atoms with E-state index in [1.807, 2.05) is 0 Å². The molecule has 0 heterocycles. The molecule has 0 saturated heterocycles. The zero-order valence-electron chi connectivity index (χ0n) is 17.3. The van der Waals surface area contributed by atoms with E-state index < -0.39 is 0 Å². The Labute approximate surface area is 155 Å². The van der Waals surface area contributed by atoms with Crippen molar-refractivity contribution >= 4 is 5.69 Å². The molecule has 2 aromatic rings. The Morgan fingerprint density at radius 1 is 0.640 bits per heavy atom. The second-order valence-corrected chi connectivity index (χ2v) is 8.52. The fraction of sp³-hybridized carbons (Fsp3) is 0.500. The van der Waals surface area contributed by atoms with Gasteiger partial charge in [-0.15, -0.1) is 0 Å². The van der Waals surface area contributed by atoms with Crippen molar-refractivity contribution in [2.45, 2.75) is 52.4 Å². The average molecular weight is 338 g/mol. The van der Waals surface area contributed by atoms with E-state index in [0.717, 1.165) is 0 Å². The summed E-state index contributed by atoms with van der Waals surface area (Å²) < 4.78 is 0. The molecule has 0 radical (unpaired) electrons. The van der Waals surface area contributed by atoms with Gasteiger partial charge in [0.05, 0.1) is 0 Å². The summed E-state index contributed by atoms with van der Waals surface area (Å²) in [6, 6.07) is 20.2. The summed E-state index contributed by atoms with van der Waals surface area (Å²) >= 11 is 0. The number of benzene rings is 2. The highest BCUT2D eigenvalue weighted by Crippen LogP contribution is 2.53. The van der Waals surface area contributed by atoms with Crippen LogP contribution in [0.15, 0.2) is 54.6 Å². The topological polar surface area (TPSA) is 3.24 Å². The first-order chi connectivity index (χ1) is 11.7. The molecular formula is C24H35N. The fourth-order valence-electron chi connectivity index (χ4n) is 4.36. The molecule has 0 bridgehead atoms. The van der Waals surface area contributed by atoms with E-state index in [9.17, 15) is 0 Å². The number of nitrogens with zero attached hydrogens (tertiary/aromatic N) is 1. The van der Waals surface area contributed by atoms with Crippen LogP contribution in [0, 0.1) is 11.8 Å². The molecule has 2 atom stereocenters. The Morgan fingerprint density at radius 2 is 1.04 bits per heavy atom. The van der Waals surface area contributed by atoms with E-state index in [1.54, 1.807) is 0 Å². The van der Waals surface area contributed by atoms with Gasteiger partial charge in [-0.1, -0.05) is 84.0 Å². The fourth-order valence-corrected chi connectivity index (χ4v) is 4.36. The molecule has 0 aliphatic rings. The minimum absolute atomic E-state index is 0.0351. The summed E-state index contributed by atoms with van der Waals surface area (Å²) in [6.07, 6.45) is 0. The maximum atomic E-state index is 2.45. The van der Waals surface area contributed by atoms with Gasteiger partial charge >= 0.3 is 0 Å². The van der Waals surface area contributed by atoms with E-state index in [0.29, 0.717) is 11.8 Å². The van der Waals surface area contributed by atoms with E-state index in [-0.39, 0.29) is 10.8 Å². The van der Waals surface area contributed by atoms with Crippen molar-refractivity contribution in [3.63, 3.8) is 0 Å². The minimum Gasteiger partial charge on any atom is -0.378 e. The highest BCUT2D eigenvalue weighted by atomic mass is 15.1. The number of hydrogen-bond acceptors (Lipinski definition) is 1. The van der Waals surface area contributed by atoms with Crippen molar-refractivity contribution in [3.8, 4) is 0 Å². The van der Waals surface area contributed by atoms with E-state index in [2.05, 4.69) is 115 Å². The third-order valence-electron chi connectivity index (χ3n) is 6.75. The van der Waals surface area contributed by atoms with Crippen LogP contribution < -0.4 is 4.90 Å². The van der Waals surface area contributed by atoms with Crippen LogP contribution in [0.3, 0.4) is 0 Å².